The molecule has 1 saturated carbocycles. The molecule has 1 aliphatic heterocycles. The fraction of sp³-hybridized carbons (Fsp3) is 0.792. The topological polar surface area (TPSA) is 65.0 Å². The van der Waals surface area contributed by atoms with E-state index in [1.165, 1.54) is 32.1 Å². The van der Waals surface area contributed by atoms with Crippen molar-refractivity contribution in [3.63, 3.8) is 0 Å². The zero-order valence-corrected chi connectivity index (χ0v) is 18.6. The van der Waals surface area contributed by atoms with Crippen LogP contribution in [0.1, 0.15) is 104 Å². The quantitative estimate of drug-likeness (QED) is 0.299. The van der Waals surface area contributed by atoms with Crippen molar-refractivity contribution < 1.29 is 19.1 Å². The van der Waals surface area contributed by atoms with Crippen molar-refractivity contribution in [2.75, 3.05) is 6.61 Å². The molecule has 0 atom stereocenters. The van der Waals surface area contributed by atoms with Crippen molar-refractivity contribution in [3.8, 4) is 0 Å². The van der Waals surface area contributed by atoms with E-state index in [9.17, 15) is 9.59 Å². The lowest BCUT2D eigenvalue weighted by molar-refractivity contribution is -0.142. The van der Waals surface area contributed by atoms with Gasteiger partial charge in [-0.2, -0.15) is 0 Å². The van der Waals surface area contributed by atoms with E-state index in [1.807, 2.05) is 0 Å². The van der Waals surface area contributed by atoms with E-state index in [4.69, 9.17) is 14.5 Å². The van der Waals surface area contributed by atoms with Gasteiger partial charge in [-0.25, -0.2) is 9.79 Å². The van der Waals surface area contributed by atoms with Crippen LogP contribution < -0.4 is 0 Å². The van der Waals surface area contributed by atoms with E-state index in [1.54, 1.807) is 6.92 Å². The van der Waals surface area contributed by atoms with E-state index in [0.717, 1.165) is 44.4 Å². The number of rotatable bonds is 12. The van der Waals surface area contributed by atoms with E-state index >= 15 is 0 Å². The van der Waals surface area contributed by atoms with Crippen molar-refractivity contribution >= 4 is 17.8 Å². The van der Waals surface area contributed by atoms with Crippen LogP contribution >= 0.6 is 0 Å². The first kappa shape index (κ1) is 23.6. The van der Waals surface area contributed by atoms with Crippen LogP contribution in [0.5, 0.6) is 0 Å². The number of aliphatic imine (C=N–C) groups is 1. The molecule has 164 valence electrons. The third-order valence-corrected chi connectivity index (χ3v) is 6.00. The van der Waals surface area contributed by atoms with Crippen molar-refractivity contribution in [1.82, 2.24) is 0 Å². The van der Waals surface area contributed by atoms with Gasteiger partial charge in [0.05, 0.1) is 19.1 Å². The van der Waals surface area contributed by atoms with Gasteiger partial charge in [0.25, 0.3) is 0 Å². The second-order valence-electron chi connectivity index (χ2n) is 8.55. The lowest BCUT2D eigenvalue weighted by Gasteiger charge is -2.23. The molecule has 0 radical (unpaired) electrons. The van der Waals surface area contributed by atoms with Gasteiger partial charge >= 0.3 is 11.9 Å². The predicted octanol–water partition coefficient (Wildman–Crippen LogP) is 5.91. The Morgan fingerprint density at radius 1 is 1.00 bits per heavy atom. The normalized spacial score (nSPS) is 23.6. The number of hydrogen-bond acceptors (Lipinski definition) is 5. The molecule has 2 rings (SSSR count). The maximum absolute atomic E-state index is 12.5. The van der Waals surface area contributed by atoms with Crippen LogP contribution in [0.4, 0.5) is 0 Å². The molecular weight excluding hydrogens is 366 g/mol. The molecule has 0 aromatic carbocycles. The molecule has 0 N–H and O–H groups in total. The van der Waals surface area contributed by atoms with E-state index in [0.29, 0.717) is 30.1 Å². The van der Waals surface area contributed by atoms with Gasteiger partial charge in [0.1, 0.15) is 0 Å². The number of ether oxygens (including phenoxy) is 2. The van der Waals surface area contributed by atoms with Gasteiger partial charge in [-0.1, -0.05) is 52.4 Å². The number of carbonyl (C=O) groups excluding carboxylic acids is 2. The number of nitrogens with zero attached hydrogens (tertiary/aromatic N) is 1. The Bertz CT molecular complexity index is 600. The fourth-order valence-electron chi connectivity index (χ4n) is 4.16. The summed E-state index contributed by atoms with van der Waals surface area (Å²) in [5, 5.41) is 0. The number of carbonyl (C=O) groups is 2. The van der Waals surface area contributed by atoms with Gasteiger partial charge in [-0.3, -0.25) is 4.79 Å². The lowest BCUT2D eigenvalue weighted by Crippen LogP contribution is -2.19. The first-order chi connectivity index (χ1) is 14.0. The monoisotopic (exact) mass is 405 g/mol. The molecule has 0 saturated heterocycles. The van der Waals surface area contributed by atoms with Gasteiger partial charge in [0.15, 0.2) is 0 Å². The average molecular weight is 406 g/mol. The van der Waals surface area contributed by atoms with Crippen molar-refractivity contribution in [3.05, 3.63) is 11.1 Å². The summed E-state index contributed by atoms with van der Waals surface area (Å²) in [6.07, 6.45) is 13.4. The highest BCUT2D eigenvalue weighted by molar-refractivity contribution is 6.16. The van der Waals surface area contributed by atoms with Crippen LogP contribution in [0.2, 0.25) is 0 Å². The maximum Gasteiger partial charge on any atom is 0.341 e. The molecular formula is C24H39NO4. The van der Waals surface area contributed by atoms with Crippen molar-refractivity contribution in [2.24, 2.45) is 10.9 Å². The molecule has 0 aromatic rings. The van der Waals surface area contributed by atoms with Crippen LogP contribution in [-0.2, 0) is 19.1 Å². The highest BCUT2D eigenvalue weighted by Crippen LogP contribution is 2.30. The second kappa shape index (κ2) is 12.8. The zero-order chi connectivity index (χ0) is 21.1. The molecule has 0 amide bonds. The smallest absolute Gasteiger partial charge is 0.341 e. The van der Waals surface area contributed by atoms with Gasteiger partial charge < -0.3 is 9.47 Å². The number of esters is 2. The number of cyclic esters (lactones) is 1. The first-order valence-corrected chi connectivity index (χ1v) is 11.7. The number of hydrogen-bond donors (Lipinski definition) is 0. The first-order valence-electron chi connectivity index (χ1n) is 11.7. The van der Waals surface area contributed by atoms with Gasteiger partial charge in [0.2, 0.25) is 5.90 Å². The minimum Gasteiger partial charge on any atom is -0.466 e. The molecule has 5 nitrogen and oxygen atoms in total. The highest BCUT2D eigenvalue weighted by atomic mass is 16.6. The summed E-state index contributed by atoms with van der Waals surface area (Å²) in [7, 11) is 0. The summed E-state index contributed by atoms with van der Waals surface area (Å²) in [4.78, 5) is 29.4. The van der Waals surface area contributed by atoms with Crippen LogP contribution in [0.25, 0.3) is 0 Å². The third kappa shape index (κ3) is 7.94. The summed E-state index contributed by atoms with van der Waals surface area (Å²) in [6.45, 7) is 6.61. The summed E-state index contributed by atoms with van der Waals surface area (Å²) in [5.74, 6) is 0.474. The Balaban J connectivity index is 2.02. The number of unbranched alkanes of at least 4 members (excludes halogenated alkanes) is 6. The molecule has 1 fully saturated rings. The minimum atomic E-state index is -0.321. The minimum absolute atomic E-state index is 0.0768. The molecule has 0 bridgehead atoms. The Morgan fingerprint density at radius 2 is 1.66 bits per heavy atom. The standard InChI is InChI=1S/C24H39NO4/c1-4-6-7-8-9-10-11-12-20-21(17-22(26)28-5-2)23(29-24(20)27)25-19-15-13-18(3)14-16-19/h18-19H,4-17H2,1-3H3. The van der Waals surface area contributed by atoms with E-state index in [-0.39, 0.29) is 24.4 Å². The lowest BCUT2D eigenvalue weighted by atomic mass is 9.87. The van der Waals surface area contributed by atoms with Crippen molar-refractivity contribution in [1.29, 1.82) is 0 Å². The summed E-state index contributed by atoms with van der Waals surface area (Å²) in [5.41, 5.74) is 1.30. The van der Waals surface area contributed by atoms with Crippen LogP contribution in [0.3, 0.4) is 0 Å². The average Bonchev–Trinajstić information content (AvgIpc) is 2.97. The van der Waals surface area contributed by atoms with Crippen molar-refractivity contribution in [2.45, 2.75) is 110 Å². The third-order valence-electron chi connectivity index (χ3n) is 6.00. The molecule has 0 aromatic heterocycles. The van der Waals surface area contributed by atoms with Gasteiger partial charge in [-0.15, -0.1) is 0 Å². The van der Waals surface area contributed by atoms with E-state index < -0.39 is 0 Å². The maximum atomic E-state index is 12.5. The second-order valence-corrected chi connectivity index (χ2v) is 8.55. The Morgan fingerprint density at radius 3 is 2.31 bits per heavy atom. The Hall–Kier alpha value is -1.65. The van der Waals surface area contributed by atoms with Gasteiger partial charge in [-0.05, 0) is 51.4 Å². The van der Waals surface area contributed by atoms with Crippen LogP contribution in [0, 0.1) is 5.92 Å². The summed E-state index contributed by atoms with van der Waals surface area (Å²) >= 11 is 0. The van der Waals surface area contributed by atoms with Crippen LogP contribution in [-0.4, -0.2) is 30.5 Å². The Labute approximate surface area is 176 Å². The molecule has 1 aliphatic carbocycles. The molecule has 2 aliphatic rings. The van der Waals surface area contributed by atoms with Crippen LogP contribution in [0.15, 0.2) is 16.1 Å². The largest absolute Gasteiger partial charge is 0.466 e. The Kier molecular flexibility index (Phi) is 10.4. The fourth-order valence-corrected chi connectivity index (χ4v) is 4.16. The summed E-state index contributed by atoms with van der Waals surface area (Å²) in [6, 6.07) is 0.184. The molecule has 29 heavy (non-hydrogen) atoms. The molecule has 0 spiro atoms. The highest BCUT2D eigenvalue weighted by Gasteiger charge is 2.33. The summed E-state index contributed by atoms with van der Waals surface area (Å²) < 4.78 is 10.7. The van der Waals surface area contributed by atoms with E-state index in [2.05, 4.69) is 13.8 Å². The molecule has 5 heteroatoms. The zero-order valence-electron chi connectivity index (χ0n) is 18.6. The SMILES string of the molecule is CCCCCCCCCC1=C(CC(=O)OCC)C(=NC2CCC(C)CC2)OC1=O. The molecule has 1 heterocycles. The predicted molar refractivity (Wildman–Crippen MR) is 116 cm³/mol. The van der Waals surface area contributed by atoms with Gasteiger partial charge in [0, 0.05) is 11.1 Å². The molecule has 0 unspecified atom stereocenters.